The van der Waals surface area contributed by atoms with E-state index in [9.17, 15) is 13.2 Å². The lowest BCUT2D eigenvalue weighted by molar-refractivity contribution is 0.0512. The highest BCUT2D eigenvalue weighted by atomic mass is 32.2. The molecule has 1 unspecified atom stereocenters. The molecule has 0 aliphatic heterocycles. The number of esters is 1. The molecule has 0 bridgehead atoms. The fourth-order valence-corrected chi connectivity index (χ4v) is 3.31. The van der Waals surface area contributed by atoms with Gasteiger partial charge in [-0.15, -0.1) is 5.10 Å². The van der Waals surface area contributed by atoms with Gasteiger partial charge in [0.15, 0.2) is 9.84 Å². The van der Waals surface area contributed by atoms with Crippen LogP contribution in [0.1, 0.15) is 41.1 Å². The molecule has 7 nitrogen and oxygen atoms in total. The van der Waals surface area contributed by atoms with Crippen molar-refractivity contribution in [2.24, 2.45) is 0 Å². The maximum atomic E-state index is 12.4. The van der Waals surface area contributed by atoms with E-state index in [1.807, 2.05) is 30.3 Å². The van der Waals surface area contributed by atoms with E-state index in [0.29, 0.717) is 6.42 Å². The Kier molecular flexibility index (Phi) is 5.49. The van der Waals surface area contributed by atoms with E-state index in [1.165, 1.54) is 6.92 Å². The van der Waals surface area contributed by atoms with Crippen molar-refractivity contribution in [3.05, 3.63) is 47.5 Å². The molecule has 0 saturated carbocycles. The van der Waals surface area contributed by atoms with Crippen LogP contribution in [-0.4, -0.2) is 41.9 Å². The lowest BCUT2D eigenvalue weighted by Crippen LogP contribution is -2.17. The summed E-state index contributed by atoms with van der Waals surface area (Å²) in [6, 6.07) is 9.38. The first-order valence-electron chi connectivity index (χ1n) is 7.29. The first-order chi connectivity index (χ1) is 10.9. The Morgan fingerprint density at radius 3 is 2.65 bits per heavy atom. The predicted octanol–water partition coefficient (Wildman–Crippen LogP) is 1.70. The number of hydrogen-bond acceptors (Lipinski definition) is 6. The normalized spacial score (nSPS) is 12.8. The number of sulfone groups is 1. The second-order valence-corrected chi connectivity index (χ2v) is 7.45. The summed E-state index contributed by atoms with van der Waals surface area (Å²) in [6.07, 6.45) is 0.423. The van der Waals surface area contributed by atoms with Crippen molar-refractivity contribution < 1.29 is 17.9 Å². The number of nitrogens with one attached hydrogen (secondary N) is 1. The number of rotatable bonds is 7. The van der Waals surface area contributed by atoms with Crippen LogP contribution in [0.4, 0.5) is 0 Å². The summed E-state index contributed by atoms with van der Waals surface area (Å²) in [6.45, 7) is 3.39. The van der Waals surface area contributed by atoms with Gasteiger partial charge in [-0.1, -0.05) is 30.3 Å². The molecule has 0 radical (unpaired) electrons. The Morgan fingerprint density at radius 2 is 2.00 bits per heavy atom. The molecule has 2 aromatic rings. The first-order valence-corrected chi connectivity index (χ1v) is 9.00. The van der Waals surface area contributed by atoms with Crippen molar-refractivity contribution in [3.63, 3.8) is 0 Å². The molecule has 0 saturated heterocycles. The number of benzene rings is 1. The van der Waals surface area contributed by atoms with E-state index in [2.05, 4.69) is 15.2 Å². The summed E-state index contributed by atoms with van der Waals surface area (Å²) >= 11 is 0. The number of carbonyl (C=O) groups excluding carboxylic acids is 1. The van der Waals surface area contributed by atoms with Crippen LogP contribution in [0.25, 0.3) is 0 Å². The van der Waals surface area contributed by atoms with Gasteiger partial charge in [0.2, 0.25) is 0 Å². The number of aromatic nitrogens is 3. The first kappa shape index (κ1) is 17.1. The summed E-state index contributed by atoms with van der Waals surface area (Å²) in [4.78, 5) is 15.5. The quantitative estimate of drug-likeness (QED) is 0.772. The second-order valence-electron chi connectivity index (χ2n) is 5.01. The van der Waals surface area contributed by atoms with Crippen LogP contribution in [0.3, 0.4) is 0 Å². The summed E-state index contributed by atoms with van der Waals surface area (Å²) in [5, 5.41) is 5.35. The van der Waals surface area contributed by atoms with Crippen LogP contribution >= 0.6 is 0 Å². The highest BCUT2D eigenvalue weighted by molar-refractivity contribution is 7.91. The summed E-state index contributed by atoms with van der Waals surface area (Å²) < 4.78 is 29.6. The number of carbonyl (C=O) groups is 1. The average molecular weight is 337 g/mol. The van der Waals surface area contributed by atoms with Crippen molar-refractivity contribution in [1.82, 2.24) is 15.2 Å². The SMILES string of the molecule is CCOC(=O)c1n[nH]c(C(C)S(=O)(=O)CCc2ccccc2)n1. The number of hydrogen-bond donors (Lipinski definition) is 1. The van der Waals surface area contributed by atoms with Gasteiger partial charge in [-0.25, -0.2) is 18.2 Å². The highest BCUT2D eigenvalue weighted by Gasteiger charge is 2.27. The maximum Gasteiger partial charge on any atom is 0.378 e. The molecule has 124 valence electrons. The molecule has 8 heteroatoms. The molecule has 1 aromatic heterocycles. The summed E-state index contributed by atoms with van der Waals surface area (Å²) in [5.74, 6) is -0.704. The molecule has 2 rings (SSSR count). The van der Waals surface area contributed by atoms with E-state index in [0.717, 1.165) is 5.56 Å². The van der Waals surface area contributed by atoms with Crippen LogP contribution in [-0.2, 0) is 21.0 Å². The smallest absolute Gasteiger partial charge is 0.378 e. The van der Waals surface area contributed by atoms with Gasteiger partial charge in [0, 0.05) is 0 Å². The van der Waals surface area contributed by atoms with Crippen molar-refractivity contribution in [3.8, 4) is 0 Å². The number of ether oxygens (including phenoxy) is 1. The lowest BCUT2D eigenvalue weighted by Gasteiger charge is -2.10. The molecule has 1 N–H and O–H groups in total. The van der Waals surface area contributed by atoms with E-state index in [1.54, 1.807) is 6.92 Å². The maximum absolute atomic E-state index is 12.4. The molecule has 0 amide bonds. The molecule has 1 aromatic carbocycles. The van der Waals surface area contributed by atoms with Crippen molar-refractivity contribution in [2.75, 3.05) is 12.4 Å². The highest BCUT2D eigenvalue weighted by Crippen LogP contribution is 2.20. The van der Waals surface area contributed by atoms with Crippen molar-refractivity contribution in [1.29, 1.82) is 0 Å². The van der Waals surface area contributed by atoms with Gasteiger partial charge in [-0.05, 0) is 25.8 Å². The van der Waals surface area contributed by atoms with Crippen LogP contribution in [0, 0.1) is 0 Å². The van der Waals surface area contributed by atoms with Crippen molar-refractivity contribution >= 4 is 15.8 Å². The van der Waals surface area contributed by atoms with Crippen LogP contribution in [0.5, 0.6) is 0 Å². The van der Waals surface area contributed by atoms with Crippen molar-refractivity contribution in [2.45, 2.75) is 25.5 Å². The number of aromatic amines is 1. The van der Waals surface area contributed by atoms with E-state index < -0.39 is 21.1 Å². The van der Waals surface area contributed by atoms with Gasteiger partial charge in [0.1, 0.15) is 11.1 Å². The third-order valence-corrected chi connectivity index (χ3v) is 5.48. The zero-order chi connectivity index (χ0) is 16.9. The predicted molar refractivity (Wildman–Crippen MR) is 84.7 cm³/mol. The minimum Gasteiger partial charge on any atom is -0.460 e. The Hall–Kier alpha value is -2.22. The molecular formula is C15H19N3O4S. The average Bonchev–Trinajstić information content (AvgIpc) is 3.03. The van der Waals surface area contributed by atoms with Crippen LogP contribution in [0.2, 0.25) is 0 Å². The lowest BCUT2D eigenvalue weighted by atomic mass is 10.2. The fraction of sp³-hybridized carbons (Fsp3) is 0.400. The number of aryl methyl sites for hydroxylation is 1. The van der Waals surface area contributed by atoms with E-state index >= 15 is 0 Å². The van der Waals surface area contributed by atoms with E-state index in [-0.39, 0.29) is 24.0 Å². The van der Waals surface area contributed by atoms with Gasteiger partial charge in [-0.3, -0.25) is 5.10 Å². The van der Waals surface area contributed by atoms with Gasteiger partial charge in [0.05, 0.1) is 12.4 Å². The minimum absolute atomic E-state index is 0.00633. The Labute approximate surface area is 135 Å². The second kappa shape index (κ2) is 7.36. The van der Waals surface area contributed by atoms with Gasteiger partial charge < -0.3 is 4.74 Å². The summed E-state index contributed by atoms with van der Waals surface area (Å²) in [5.41, 5.74) is 0.952. The summed E-state index contributed by atoms with van der Waals surface area (Å²) in [7, 11) is -3.42. The molecule has 0 fully saturated rings. The standard InChI is InChI=1S/C15H19N3O4S/c1-3-22-15(19)14-16-13(17-18-14)11(2)23(20,21)10-9-12-7-5-4-6-8-12/h4-8,11H,3,9-10H2,1-2H3,(H,16,17,18). The Morgan fingerprint density at radius 1 is 1.30 bits per heavy atom. The van der Waals surface area contributed by atoms with Crippen LogP contribution < -0.4 is 0 Å². The third kappa shape index (κ3) is 4.38. The Bertz CT molecular complexity index is 756. The fourth-order valence-electron chi connectivity index (χ4n) is 1.99. The largest absolute Gasteiger partial charge is 0.460 e. The van der Waals surface area contributed by atoms with Crippen LogP contribution in [0.15, 0.2) is 30.3 Å². The molecule has 23 heavy (non-hydrogen) atoms. The monoisotopic (exact) mass is 337 g/mol. The van der Waals surface area contributed by atoms with Gasteiger partial charge in [-0.2, -0.15) is 0 Å². The van der Waals surface area contributed by atoms with Gasteiger partial charge in [0.25, 0.3) is 5.82 Å². The number of H-pyrrole nitrogens is 1. The molecule has 0 aliphatic carbocycles. The Balaban J connectivity index is 2.06. The minimum atomic E-state index is -3.42. The van der Waals surface area contributed by atoms with Gasteiger partial charge >= 0.3 is 5.97 Å². The molecule has 0 aliphatic rings. The topological polar surface area (TPSA) is 102 Å². The molecular weight excluding hydrogens is 318 g/mol. The van der Waals surface area contributed by atoms with E-state index in [4.69, 9.17) is 4.74 Å². The molecule has 1 atom stereocenters. The number of nitrogens with zero attached hydrogens (tertiary/aromatic N) is 2. The molecule has 1 heterocycles. The zero-order valence-electron chi connectivity index (χ0n) is 13.0. The zero-order valence-corrected chi connectivity index (χ0v) is 13.8. The molecule has 0 spiro atoms. The third-order valence-electron chi connectivity index (χ3n) is 3.40.